The van der Waals surface area contributed by atoms with Crippen LogP contribution >= 0.6 is 0 Å². The molecule has 0 bridgehead atoms. The van der Waals surface area contributed by atoms with Gasteiger partial charge in [0.2, 0.25) is 0 Å². The highest BCUT2D eigenvalue weighted by Crippen LogP contribution is 2.23. The Bertz CT molecular complexity index is 327. The fourth-order valence-electron chi connectivity index (χ4n) is 3.27. The van der Waals surface area contributed by atoms with Crippen molar-refractivity contribution in [2.45, 2.75) is 31.7 Å². The molecule has 0 atom stereocenters. The highest BCUT2D eigenvalue weighted by atomic mass is 16.5. The molecule has 0 aromatic heterocycles. The first-order valence-corrected chi connectivity index (χ1v) is 8.53. The third kappa shape index (κ3) is 5.11. The third-order valence-electron chi connectivity index (χ3n) is 4.80. The largest absolute Gasteiger partial charge is 0.382 e. The number of carbonyl (C=O) groups is 1. The first kappa shape index (κ1) is 17.5. The number of ether oxygens (including phenoxy) is 2. The minimum Gasteiger partial charge on any atom is -0.382 e. The van der Waals surface area contributed by atoms with Crippen molar-refractivity contribution in [3.63, 3.8) is 0 Å². The molecule has 2 amide bonds. The van der Waals surface area contributed by atoms with Crippen LogP contribution in [-0.2, 0) is 9.47 Å². The molecule has 0 unspecified atom stereocenters. The van der Waals surface area contributed by atoms with Gasteiger partial charge in [0, 0.05) is 52.9 Å². The number of methoxy groups -OCH3 is 1. The number of carbonyl (C=O) groups excluding carboxylic acids is 1. The maximum Gasteiger partial charge on any atom is 0.320 e. The summed E-state index contributed by atoms with van der Waals surface area (Å²) in [7, 11) is 3.65. The van der Waals surface area contributed by atoms with Crippen molar-refractivity contribution in [3.05, 3.63) is 0 Å². The molecule has 6 heteroatoms. The molecule has 0 aromatic rings. The summed E-state index contributed by atoms with van der Waals surface area (Å²) in [6.45, 7) is 6.51. The van der Waals surface area contributed by atoms with Crippen LogP contribution in [0, 0.1) is 0 Å². The zero-order valence-corrected chi connectivity index (χ0v) is 14.1. The highest BCUT2D eigenvalue weighted by Gasteiger charge is 2.28. The van der Waals surface area contributed by atoms with E-state index in [9.17, 15) is 4.79 Å². The minimum atomic E-state index is 0.211. The Labute approximate surface area is 134 Å². The number of piperazine rings is 1. The Balaban J connectivity index is 1.62. The van der Waals surface area contributed by atoms with Crippen molar-refractivity contribution >= 4 is 6.03 Å². The Hall–Kier alpha value is -0.850. The smallest absolute Gasteiger partial charge is 0.320 e. The molecule has 2 aliphatic rings. The first-order chi connectivity index (χ1) is 10.7. The summed E-state index contributed by atoms with van der Waals surface area (Å²) >= 11 is 0. The van der Waals surface area contributed by atoms with Crippen molar-refractivity contribution in [2.24, 2.45) is 0 Å². The lowest BCUT2D eigenvalue weighted by molar-refractivity contribution is 0.0470. The number of nitrogens with zero attached hydrogens (tertiary/aromatic N) is 3. The second-order valence-corrected chi connectivity index (χ2v) is 6.27. The Morgan fingerprint density at radius 2 is 1.77 bits per heavy atom. The van der Waals surface area contributed by atoms with E-state index in [0.717, 1.165) is 39.3 Å². The summed E-state index contributed by atoms with van der Waals surface area (Å²) in [4.78, 5) is 18.9. The highest BCUT2D eigenvalue weighted by molar-refractivity contribution is 5.74. The van der Waals surface area contributed by atoms with Crippen molar-refractivity contribution < 1.29 is 14.3 Å². The van der Waals surface area contributed by atoms with Crippen molar-refractivity contribution in [3.8, 4) is 0 Å². The van der Waals surface area contributed by atoms with Gasteiger partial charge in [-0.25, -0.2) is 4.79 Å². The number of urea groups is 1. The molecule has 1 heterocycles. The second kappa shape index (κ2) is 9.33. The molecule has 22 heavy (non-hydrogen) atoms. The molecule has 128 valence electrons. The van der Waals surface area contributed by atoms with Crippen LogP contribution in [0.4, 0.5) is 4.79 Å². The van der Waals surface area contributed by atoms with Crippen molar-refractivity contribution in [1.82, 2.24) is 14.7 Å². The summed E-state index contributed by atoms with van der Waals surface area (Å²) in [5.41, 5.74) is 0. The van der Waals surface area contributed by atoms with Crippen LogP contribution in [0.3, 0.4) is 0 Å². The average molecular weight is 313 g/mol. The molecular weight excluding hydrogens is 282 g/mol. The molecule has 6 nitrogen and oxygen atoms in total. The van der Waals surface area contributed by atoms with Gasteiger partial charge in [-0.3, -0.25) is 4.90 Å². The predicted octanol–water partition coefficient (Wildman–Crippen LogP) is 1.26. The van der Waals surface area contributed by atoms with Gasteiger partial charge >= 0.3 is 6.03 Å². The summed E-state index contributed by atoms with van der Waals surface area (Å²) in [5, 5.41) is 0. The molecule has 0 aromatic carbocycles. The zero-order valence-electron chi connectivity index (χ0n) is 14.1. The van der Waals surface area contributed by atoms with E-state index >= 15 is 0 Å². The summed E-state index contributed by atoms with van der Waals surface area (Å²) in [6, 6.07) is 0.669. The predicted molar refractivity (Wildman–Crippen MR) is 86.1 cm³/mol. The van der Waals surface area contributed by atoms with Crippen LogP contribution in [0.25, 0.3) is 0 Å². The van der Waals surface area contributed by atoms with Crippen LogP contribution in [0.2, 0.25) is 0 Å². The molecule has 0 N–H and O–H groups in total. The Morgan fingerprint density at radius 1 is 1.09 bits per heavy atom. The summed E-state index contributed by atoms with van der Waals surface area (Å²) in [5.74, 6) is 0. The molecule has 1 saturated carbocycles. The van der Waals surface area contributed by atoms with Gasteiger partial charge in [-0.2, -0.15) is 0 Å². The van der Waals surface area contributed by atoms with Gasteiger partial charge in [-0.1, -0.05) is 12.8 Å². The van der Waals surface area contributed by atoms with E-state index in [1.165, 1.54) is 25.7 Å². The molecular formula is C16H31N3O3. The number of hydrogen-bond acceptors (Lipinski definition) is 4. The fraction of sp³-hybridized carbons (Fsp3) is 0.938. The van der Waals surface area contributed by atoms with Gasteiger partial charge in [-0.05, 0) is 12.8 Å². The van der Waals surface area contributed by atoms with Gasteiger partial charge in [0.25, 0.3) is 0 Å². The summed E-state index contributed by atoms with van der Waals surface area (Å²) < 4.78 is 10.5. The Kier molecular flexibility index (Phi) is 7.42. The monoisotopic (exact) mass is 313 g/mol. The molecule has 2 fully saturated rings. The molecule has 1 saturated heterocycles. The van der Waals surface area contributed by atoms with E-state index in [1.54, 1.807) is 7.11 Å². The maximum atomic E-state index is 12.5. The molecule has 2 rings (SSSR count). The van der Waals surface area contributed by atoms with Gasteiger partial charge < -0.3 is 19.3 Å². The first-order valence-electron chi connectivity index (χ1n) is 8.53. The van der Waals surface area contributed by atoms with Crippen LogP contribution in [0.5, 0.6) is 0 Å². The van der Waals surface area contributed by atoms with Gasteiger partial charge in [0.1, 0.15) is 0 Å². The standard InChI is InChI=1S/C16H31N3O3/c1-17(15-5-3-4-6-15)16(20)19-9-7-18(8-10-19)11-12-22-14-13-21-2/h15H,3-14H2,1-2H3. The third-order valence-corrected chi connectivity index (χ3v) is 4.80. The lowest BCUT2D eigenvalue weighted by Gasteiger charge is -2.38. The Morgan fingerprint density at radius 3 is 2.41 bits per heavy atom. The minimum absolute atomic E-state index is 0.211. The quantitative estimate of drug-likeness (QED) is 0.664. The van der Waals surface area contributed by atoms with Gasteiger partial charge in [-0.15, -0.1) is 0 Å². The maximum absolute atomic E-state index is 12.5. The lowest BCUT2D eigenvalue weighted by Crippen LogP contribution is -2.53. The topological polar surface area (TPSA) is 45.3 Å². The van der Waals surface area contributed by atoms with E-state index in [0.29, 0.717) is 19.3 Å². The number of rotatable bonds is 7. The SMILES string of the molecule is COCCOCCN1CCN(C(=O)N(C)C2CCCC2)CC1. The number of hydrogen-bond donors (Lipinski definition) is 0. The van der Waals surface area contributed by atoms with Crippen LogP contribution in [0.15, 0.2) is 0 Å². The van der Waals surface area contributed by atoms with E-state index in [-0.39, 0.29) is 6.03 Å². The van der Waals surface area contributed by atoms with E-state index in [4.69, 9.17) is 9.47 Å². The van der Waals surface area contributed by atoms with Gasteiger partial charge in [0.05, 0.1) is 19.8 Å². The molecule has 0 radical (unpaired) electrons. The fourth-order valence-corrected chi connectivity index (χ4v) is 3.27. The molecule has 1 aliphatic heterocycles. The number of amides is 2. The van der Waals surface area contributed by atoms with Crippen LogP contribution < -0.4 is 0 Å². The van der Waals surface area contributed by atoms with Gasteiger partial charge in [0.15, 0.2) is 0 Å². The second-order valence-electron chi connectivity index (χ2n) is 6.27. The molecule has 1 aliphatic carbocycles. The van der Waals surface area contributed by atoms with E-state index in [1.807, 2.05) is 16.8 Å². The zero-order chi connectivity index (χ0) is 15.8. The summed E-state index contributed by atoms with van der Waals surface area (Å²) in [6.07, 6.45) is 4.86. The van der Waals surface area contributed by atoms with Crippen molar-refractivity contribution in [1.29, 1.82) is 0 Å². The lowest BCUT2D eigenvalue weighted by atomic mass is 10.2. The normalized spacial score (nSPS) is 20.5. The van der Waals surface area contributed by atoms with E-state index in [2.05, 4.69) is 4.90 Å². The molecule has 0 spiro atoms. The van der Waals surface area contributed by atoms with Crippen LogP contribution in [-0.4, -0.2) is 93.5 Å². The average Bonchev–Trinajstić information content (AvgIpc) is 3.08. The van der Waals surface area contributed by atoms with Crippen LogP contribution in [0.1, 0.15) is 25.7 Å². The van der Waals surface area contributed by atoms with E-state index < -0.39 is 0 Å². The van der Waals surface area contributed by atoms with Crippen molar-refractivity contribution in [2.75, 3.05) is 66.7 Å².